The number of nitrogens with zero attached hydrogens (tertiary/aromatic N) is 1. The normalized spacial score (nSPS) is 10.8. The first-order valence-corrected chi connectivity index (χ1v) is 6.98. The monoisotopic (exact) mass is 271 g/mol. The van der Waals surface area contributed by atoms with E-state index in [0.29, 0.717) is 0 Å². The number of carbonyl (C=O) groups is 1. The van der Waals surface area contributed by atoms with Gasteiger partial charge in [-0.15, -0.1) is 0 Å². The van der Waals surface area contributed by atoms with Crippen molar-refractivity contribution in [3.63, 3.8) is 0 Å². The highest BCUT2D eigenvalue weighted by molar-refractivity contribution is 5.93. The Hall–Kier alpha value is -1.94. The number of amides is 1. The maximum Gasteiger partial charge on any atom is 0.221 e. The third-order valence-electron chi connectivity index (χ3n) is 3.28. The number of aryl methyl sites for hydroxylation is 2. The molecule has 20 heavy (non-hydrogen) atoms. The van der Waals surface area contributed by atoms with Crippen LogP contribution in [0.1, 0.15) is 31.0 Å². The molecule has 2 aromatic rings. The summed E-state index contributed by atoms with van der Waals surface area (Å²) in [6.45, 7) is 4.32. The highest BCUT2D eigenvalue weighted by Gasteiger charge is 2.05. The van der Waals surface area contributed by atoms with Crippen LogP contribution in [-0.2, 0) is 11.2 Å². The van der Waals surface area contributed by atoms with Crippen LogP contribution < -0.4 is 11.1 Å². The number of carbonyl (C=O) groups excluding carboxylic acids is 1. The van der Waals surface area contributed by atoms with E-state index >= 15 is 0 Å². The van der Waals surface area contributed by atoms with Crippen molar-refractivity contribution >= 4 is 22.5 Å². The summed E-state index contributed by atoms with van der Waals surface area (Å²) in [6, 6.07) is 7.94. The number of benzene rings is 1. The Bertz CT molecular complexity index is 622. The van der Waals surface area contributed by atoms with Crippen LogP contribution in [0.4, 0.5) is 5.69 Å². The number of aromatic nitrogens is 1. The second-order valence-corrected chi connectivity index (χ2v) is 5.09. The van der Waals surface area contributed by atoms with Gasteiger partial charge in [-0.3, -0.25) is 9.78 Å². The smallest absolute Gasteiger partial charge is 0.221 e. The van der Waals surface area contributed by atoms with E-state index in [1.807, 2.05) is 18.2 Å². The molecule has 1 aromatic heterocycles. The van der Waals surface area contributed by atoms with Gasteiger partial charge in [-0.05, 0) is 62.6 Å². The molecule has 1 amide bonds. The number of nitrogens with one attached hydrogen (secondary N) is 1. The topological polar surface area (TPSA) is 68.0 Å². The molecule has 0 spiro atoms. The van der Waals surface area contributed by atoms with Crippen LogP contribution in [0, 0.1) is 6.92 Å². The van der Waals surface area contributed by atoms with Gasteiger partial charge >= 0.3 is 0 Å². The van der Waals surface area contributed by atoms with Gasteiger partial charge in [0.1, 0.15) is 0 Å². The van der Waals surface area contributed by atoms with Crippen LogP contribution in [0.3, 0.4) is 0 Å². The molecule has 4 nitrogen and oxygen atoms in total. The second-order valence-electron chi connectivity index (χ2n) is 5.09. The molecule has 2 rings (SSSR count). The van der Waals surface area contributed by atoms with Gasteiger partial charge in [-0.1, -0.05) is 0 Å². The van der Waals surface area contributed by atoms with E-state index in [1.165, 1.54) is 12.5 Å². The molecular formula is C16H21N3O. The fourth-order valence-electron chi connectivity index (χ4n) is 2.32. The Labute approximate surface area is 119 Å². The predicted molar refractivity (Wildman–Crippen MR) is 82.8 cm³/mol. The molecule has 1 heterocycles. The lowest BCUT2D eigenvalue weighted by atomic mass is 10.1. The third-order valence-corrected chi connectivity index (χ3v) is 3.28. The van der Waals surface area contributed by atoms with Crippen molar-refractivity contribution in [2.45, 2.75) is 33.1 Å². The van der Waals surface area contributed by atoms with Crippen molar-refractivity contribution in [1.82, 2.24) is 4.98 Å². The summed E-state index contributed by atoms with van der Waals surface area (Å²) in [5.74, 6) is -0.0617. The van der Waals surface area contributed by atoms with Gasteiger partial charge in [0.25, 0.3) is 0 Å². The standard InChI is InChI=1S/C16H21N3O/c1-11-9-13(5-3-4-8-17)19-16-7-6-14(10-15(11)16)18-12(2)20/h6-7,9-10H,3-5,8,17H2,1-2H3,(H,18,20). The number of hydrogen-bond acceptors (Lipinski definition) is 3. The van der Waals surface area contributed by atoms with Crippen molar-refractivity contribution < 1.29 is 4.79 Å². The lowest BCUT2D eigenvalue weighted by Gasteiger charge is -2.09. The minimum absolute atomic E-state index is 0.0617. The largest absolute Gasteiger partial charge is 0.330 e. The van der Waals surface area contributed by atoms with E-state index < -0.39 is 0 Å². The Morgan fingerprint density at radius 2 is 2.10 bits per heavy atom. The average molecular weight is 271 g/mol. The molecule has 1 aromatic carbocycles. The van der Waals surface area contributed by atoms with E-state index in [9.17, 15) is 4.79 Å². The number of unbranched alkanes of at least 4 members (excludes halogenated alkanes) is 1. The molecule has 0 atom stereocenters. The van der Waals surface area contributed by atoms with Gasteiger partial charge in [-0.25, -0.2) is 0 Å². The van der Waals surface area contributed by atoms with Crippen LogP contribution in [0.25, 0.3) is 10.9 Å². The number of fused-ring (bicyclic) bond motifs is 1. The van der Waals surface area contributed by atoms with E-state index in [1.54, 1.807) is 0 Å². The molecular weight excluding hydrogens is 250 g/mol. The van der Waals surface area contributed by atoms with Gasteiger partial charge in [0.05, 0.1) is 5.52 Å². The number of rotatable bonds is 5. The SMILES string of the molecule is CC(=O)Nc1ccc2nc(CCCCN)cc(C)c2c1. The Morgan fingerprint density at radius 3 is 2.80 bits per heavy atom. The zero-order valence-corrected chi connectivity index (χ0v) is 12.1. The number of anilines is 1. The van der Waals surface area contributed by atoms with Crippen molar-refractivity contribution in [2.75, 3.05) is 11.9 Å². The first-order valence-electron chi connectivity index (χ1n) is 6.98. The summed E-state index contributed by atoms with van der Waals surface area (Å²) in [5, 5.41) is 3.88. The van der Waals surface area contributed by atoms with E-state index in [4.69, 9.17) is 5.73 Å². The summed E-state index contributed by atoms with van der Waals surface area (Å²) >= 11 is 0. The van der Waals surface area contributed by atoms with Crippen molar-refractivity contribution in [3.05, 3.63) is 35.5 Å². The number of nitrogens with two attached hydrogens (primary N) is 1. The molecule has 106 valence electrons. The molecule has 0 saturated heterocycles. The maximum atomic E-state index is 11.1. The van der Waals surface area contributed by atoms with E-state index in [0.717, 1.165) is 48.1 Å². The van der Waals surface area contributed by atoms with Gasteiger partial charge < -0.3 is 11.1 Å². The Kier molecular flexibility index (Phi) is 4.69. The lowest BCUT2D eigenvalue weighted by molar-refractivity contribution is -0.114. The van der Waals surface area contributed by atoms with Crippen molar-refractivity contribution in [3.8, 4) is 0 Å². The first kappa shape index (κ1) is 14.5. The Balaban J connectivity index is 2.29. The molecule has 0 unspecified atom stereocenters. The van der Waals surface area contributed by atoms with Gasteiger partial charge in [0, 0.05) is 23.7 Å². The maximum absolute atomic E-state index is 11.1. The Morgan fingerprint density at radius 1 is 1.30 bits per heavy atom. The molecule has 0 aliphatic rings. The fraction of sp³-hybridized carbons (Fsp3) is 0.375. The van der Waals surface area contributed by atoms with Crippen LogP contribution in [0.2, 0.25) is 0 Å². The summed E-state index contributed by atoms with van der Waals surface area (Å²) in [4.78, 5) is 15.8. The molecule has 0 saturated carbocycles. The molecule has 0 radical (unpaired) electrons. The third kappa shape index (κ3) is 3.54. The zero-order valence-electron chi connectivity index (χ0n) is 12.1. The first-order chi connectivity index (χ1) is 9.60. The van der Waals surface area contributed by atoms with Crippen molar-refractivity contribution in [2.24, 2.45) is 5.73 Å². The quantitative estimate of drug-likeness (QED) is 0.822. The predicted octanol–water partition coefficient (Wildman–Crippen LogP) is 2.78. The average Bonchev–Trinajstić information content (AvgIpc) is 2.39. The van der Waals surface area contributed by atoms with E-state index in [2.05, 4.69) is 23.3 Å². The van der Waals surface area contributed by atoms with Crippen LogP contribution >= 0.6 is 0 Å². The second kappa shape index (κ2) is 6.48. The molecule has 4 heteroatoms. The van der Waals surface area contributed by atoms with Gasteiger partial charge in [0.15, 0.2) is 0 Å². The number of pyridine rings is 1. The molecule has 0 aliphatic carbocycles. The van der Waals surface area contributed by atoms with Gasteiger partial charge in [0.2, 0.25) is 5.91 Å². The molecule has 3 N–H and O–H groups in total. The van der Waals surface area contributed by atoms with Crippen molar-refractivity contribution in [1.29, 1.82) is 0 Å². The van der Waals surface area contributed by atoms with E-state index in [-0.39, 0.29) is 5.91 Å². The number of hydrogen-bond donors (Lipinski definition) is 2. The minimum Gasteiger partial charge on any atom is -0.330 e. The lowest BCUT2D eigenvalue weighted by Crippen LogP contribution is -2.05. The highest BCUT2D eigenvalue weighted by atomic mass is 16.1. The highest BCUT2D eigenvalue weighted by Crippen LogP contribution is 2.22. The summed E-state index contributed by atoms with van der Waals surface area (Å²) in [5.41, 5.74) is 9.59. The summed E-state index contributed by atoms with van der Waals surface area (Å²) < 4.78 is 0. The molecule has 0 bridgehead atoms. The zero-order chi connectivity index (χ0) is 14.5. The fourth-order valence-corrected chi connectivity index (χ4v) is 2.32. The van der Waals surface area contributed by atoms with Crippen LogP contribution in [0.15, 0.2) is 24.3 Å². The van der Waals surface area contributed by atoms with Crippen LogP contribution in [0.5, 0.6) is 0 Å². The molecule has 0 aliphatic heterocycles. The molecule has 0 fully saturated rings. The minimum atomic E-state index is -0.0617. The van der Waals surface area contributed by atoms with Crippen LogP contribution in [-0.4, -0.2) is 17.4 Å². The summed E-state index contributed by atoms with van der Waals surface area (Å²) in [7, 11) is 0. The van der Waals surface area contributed by atoms with Gasteiger partial charge in [-0.2, -0.15) is 0 Å². The summed E-state index contributed by atoms with van der Waals surface area (Å²) in [6.07, 6.45) is 3.06.